The van der Waals surface area contributed by atoms with E-state index >= 15 is 0 Å². The Morgan fingerprint density at radius 3 is 2.33 bits per heavy atom. The normalized spacial score (nSPS) is 9.81. The quantitative estimate of drug-likeness (QED) is 0.748. The molecule has 0 heterocycles. The molecule has 2 amide bonds. The van der Waals surface area contributed by atoms with Crippen LogP contribution >= 0.6 is 0 Å². The van der Waals surface area contributed by atoms with E-state index in [9.17, 15) is 14.4 Å². The van der Waals surface area contributed by atoms with Crippen LogP contribution in [0.3, 0.4) is 0 Å². The fraction of sp³-hybridized carbons (Fsp3) is 0.400. The standard InChI is InChI=1S/C15H20N2O4/c1-3-21-14(19)13-6-4-12(5-7-13)10-17-15(20)16-9-8-11(2)18/h4-7H,3,8-10H2,1-2H3,(H2,16,17,20). The highest BCUT2D eigenvalue weighted by molar-refractivity contribution is 5.89. The van der Waals surface area contributed by atoms with Crippen molar-refractivity contribution in [3.05, 3.63) is 35.4 Å². The number of ether oxygens (including phenoxy) is 1. The number of carbonyl (C=O) groups is 3. The lowest BCUT2D eigenvalue weighted by Crippen LogP contribution is -2.36. The van der Waals surface area contributed by atoms with Crippen molar-refractivity contribution in [3.8, 4) is 0 Å². The Balaban J connectivity index is 2.37. The van der Waals surface area contributed by atoms with Crippen molar-refractivity contribution in [2.75, 3.05) is 13.2 Å². The van der Waals surface area contributed by atoms with E-state index in [2.05, 4.69) is 10.6 Å². The summed E-state index contributed by atoms with van der Waals surface area (Å²) in [5.74, 6) is -0.330. The van der Waals surface area contributed by atoms with Gasteiger partial charge in [-0.05, 0) is 31.5 Å². The second-order valence-electron chi connectivity index (χ2n) is 4.48. The van der Waals surface area contributed by atoms with Crippen molar-refractivity contribution in [2.24, 2.45) is 0 Å². The number of Topliss-reactive ketones (excluding diaryl/α,β-unsaturated/α-hetero) is 1. The van der Waals surface area contributed by atoms with Crippen LogP contribution in [-0.4, -0.2) is 30.9 Å². The van der Waals surface area contributed by atoms with Gasteiger partial charge in [-0.3, -0.25) is 4.79 Å². The summed E-state index contributed by atoms with van der Waals surface area (Å²) in [7, 11) is 0. The lowest BCUT2D eigenvalue weighted by atomic mass is 10.1. The van der Waals surface area contributed by atoms with Gasteiger partial charge in [0.05, 0.1) is 12.2 Å². The second-order valence-corrected chi connectivity index (χ2v) is 4.48. The van der Waals surface area contributed by atoms with Crippen LogP contribution < -0.4 is 10.6 Å². The van der Waals surface area contributed by atoms with Crippen molar-refractivity contribution < 1.29 is 19.1 Å². The van der Waals surface area contributed by atoms with E-state index in [0.29, 0.717) is 31.7 Å². The maximum atomic E-state index is 11.5. The summed E-state index contributed by atoms with van der Waals surface area (Å²) in [5, 5.41) is 5.25. The van der Waals surface area contributed by atoms with Gasteiger partial charge in [0.1, 0.15) is 5.78 Å². The van der Waals surface area contributed by atoms with Gasteiger partial charge < -0.3 is 15.4 Å². The van der Waals surface area contributed by atoms with Crippen LogP contribution in [0.5, 0.6) is 0 Å². The Hall–Kier alpha value is -2.37. The number of hydrogen-bond donors (Lipinski definition) is 2. The van der Waals surface area contributed by atoms with E-state index < -0.39 is 0 Å². The third-order valence-electron chi connectivity index (χ3n) is 2.68. The molecule has 114 valence electrons. The van der Waals surface area contributed by atoms with Crippen molar-refractivity contribution in [1.82, 2.24) is 10.6 Å². The molecule has 0 saturated heterocycles. The topological polar surface area (TPSA) is 84.5 Å². The van der Waals surface area contributed by atoms with Crippen molar-refractivity contribution in [2.45, 2.75) is 26.8 Å². The van der Waals surface area contributed by atoms with E-state index in [1.54, 1.807) is 31.2 Å². The van der Waals surface area contributed by atoms with Gasteiger partial charge in [0.25, 0.3) is 0 Å². The van der Waals surface area contributed by atoms with E-state index in [0.717, 1.165) is 5.56 Å². The zero-order valence-electron chi connectivity index (χ0n) is 12.3. The molecular weight excluding hydrogens is 272 g/mol. The number of nitrogens with one attached hydrogen (secondary N) is 2. The highest BCUT2D eigenvalue weighted by Gasteiger charge is 2.06. The van der Waals surface area contributed by atoms with E-state index in [1.807, 2.05) is 0 Å². The zero-order valence-corrected chi connectivity index (χ0v) is 12.3. The number of ketones is 1. The molecule has 0 saturated carbocycles. The van der Waals surface area contributed by atoms with Crippen LogP contribution in [0, 0.1) is 0 Å². The Bertz CT molecular complexity index is 497. The predicted octanol–water partition coefficient (Wildman–Crippen LogP) is 1.64. The Morgan fingerprint density at radius 2 is 1.76 bits per heavy atom. The first kappa shape index (κ1) is 16.7. The largest absolute Gasteiger partial charge is 0.462 e. The summed E-state index contributed by atoms with van der Waals surface area (Å²) >= 11 is 0. The van der Waals surface area contributed by atoms with E-state index in [4.69, 9.17) is 4.74 Å². The monoisotopic (exact) mass is 292 g/mol. The van der Waals surface area contributed by atoms with Gasteiger partial charge in [0.15, 0.2) is 0 Å². The third kappa shape index (κ3) is 6.56. The van der Waals surface area contributed by atoms with Crippen LogP contribution in [0.4, 0.5) is 4.79 Å². The van der Waals surface area contributed by atoms with Gasteiger partial charge in [0, 0.05) is 19.5 Å². The molecule has 0 atom stereocenters. The Kier molecular flexibility index (Phi) is 6.94. The van der Waals surface area contributed by atoms with Crippen LogP contribution in [0.25, 0.3) is 0 Å². The molecule has 21 heavy (non-hydrogen) atoms. The van der Waals surface area contributed by atoms with Crippen molar-refractivity contribution >= 4 is 17.8 Å². The summed E-state index contributed by atoms with van der Waals surface area (Å²) in [6, 6.07) is 6.49. The van der Waals surface area contributed by atoms with Crippen molar-refractivity contribution in [1.29, 1.82) is 0 Å². The first-order valence-corrected chi connectivity index (χ1v) is 6.80. The van der Waals surface area contributed by atoms with Gasteiger partial charge in [0.2, 0.25) is 0 Å². The van der Waals surface area contributed by atoms with Crippen LogP contribution in [0.2, 0.25) is 0 Å². The zero-order chi connectivity index (χ0) is 15.7. The maximum Gasteiger partial charge on any atom is 0.338 e. The number of carbonyl (C=O) groups excluding carboxylic acids is 3. The Morgan fingerprint density at radius 1 is 1.10 bits per heavy atom. The predicted molar refractivity (Wildman–Crippen MR) is 77.9 cm³/mol. The van der Waals surface area contributed by atoms with Crippen LogP contribution in [-0.2, 0) is 16.1 Å². The van der Waals surface area contributed by atoms with Gasteiger partial charge in [-0.2, -0.15) is 0 Å². The minimum atomic E-state index is -0.362. The molecule has 2 N–H and O–H groups in total. The number of urea groups is 1. The first-order chi connectivity index (χ1) is 10.0. The number of amides is 2. The van der Waals surface area contributed by atoms with Crippen molar-refractivity contribution in [3.63, 3.8) is 0 Å². The molecule has 0 radical (unpaired) electrons. The number of esters is 1. The molecule has 0 spiro atoms. The summed E-state index contributed by atoms with van der Waals surface area (Å²) in [4.78, 5) is 33.6. The summed E-state index contributed by atoms with van der Waals surface area (Å²) in [6.45, 7) is 4.23. The molecule has 0 aliphatic rings. The SMILES string of the molecule is CCOC(=O)c1ccc(CNC(=O)NCCC(C)=O)cc1. The molecule has 6 nitrogen and oxygen atoms in total. The second kappa shape index (κ2) is 8.73. The molecule has 1 aromatic rings. The minimum absolute atomic E-state index is 0.0323. The highest BCUT2D eigenvalue weighted by Crippen LogP contribution is 2.05. The molecule has 1 aromatic carbocycles. The lowest BCUT2D eigenvalue weighted by molar-refractivity contribution is -0.116. The minimum Gasteiger partial charge on any atom is -0.462 e. The molecular formula is C15H20N2O4. The fourth-order valence-corrected chi connectivity index (χ4v) is 1.57. The number of rotatable bonds is 7. The maximum absolute atomic E-state index is 11.5. The molecule has 0 unspecified atom stereocenters. The summed E-state index contributed by atoms with van der Waals surface area (Å²) < 4.78 is 4.88. The third-order valence-corrected chi connectivity index (χ3v) is 2.68. The first-order valence-electron chi connectivity index (χ1n) is 6.80. The highest BCUT2D eigenvalue weighted by atomic mass is 16.5. The van der Waals surface area contributed by atoms with Gasteiger partial charge in [-0.15, -0.1) is 0 Å². The molecule has 0 aliphatic carbocycles. The lowest BCUT2D eigenvalue weighted by Gasteiger charge is -2.07. The molecule has 0 aliphatic heterocycles. The molecule has 1 rings (SSSR count). The molecule has 6 heteroatoms. The summed E-state index contributed by atoms with van der Waals surface area (Å²) in [5.41, 5.74) is 1.34. The molecule has 0 bridgehead atoms. The van der Waals surface area contributed by atoms with E-state index in [-0.39, 0.29) is 17.8 Å². The molecule has 0 aromatic heterocycles. The number of benzene rings is 1. The van der Waals surface area contributed by atoms with Crippen LogP contribution in [0.15, 0.2) is 24.3 Å². The van der Waals surface area contributed by atoms with Gasteiger partial charge >= 0.3 is 12.0 Å². The van der Waals surface area contributed by atoms with Gasteiger partial charge in [-0.1, -0.05) is 12.1 Å². The average molecular weight is 292 g/mol. The summed E-state index contributed by atoms with van der Waals surface area (Å²) in [6.07, 6.45) is 0.321. The van der Waals surface area contributed by atoms with E-state index in [1.165, 1.54) is 6.92 Å². The Labute approximate surface area is 123 Å². The smallest absolute Gasteiger partial charge is 0.338 e. The average Bonchev–Trinajstić information content (AvgIpc) is 2.45. The molecule has 0 fully saturated rings. The van der Waals surface area contributed by atoms with Gasteiger partial charge in [-0.25, -0.2) is 9.59 Å². The fourth-order valence-electron chi connectivity index (χ4n) is 1.57. The number of hydrogen-bond acceptors (Lipinski definition) is 4. The van der Waals surface area contributed by atoms with Crippen LogP contribution in [0.1, 0.15) is 36.2 Å².